The number of thioether (sulfide) groups is 1. The highest BCUT2D eigenvalue weighted by Gasteiger charge is 2.25. The summed E-state index contributed by atoms with van der Waals surface area (Å²) in [5, 5.41) is 6.40. The molecule has 1 aliphatic carbocycles. The lowest BCUT2D eigenvalue weighted by atomic mass is 9.86. The van der Waals surface area contributed by atoms with Crippen LogP contribution in [0, 0.1) is 0 Å². The number of ether oxygens (including phenoxy) is 1. The average Bonchev–Trinajstić information content (AvgIpc) is 3.64. The Hall–Kier alpha value is -3.21. The second kappa shape index (κ2) is 12.0. The van der Waals surface area contributed by atoms with Gasteiger partial charge in [-0.25, -0.2) is 9.78 Å². The van der Waals surface area contributed by atoms with E-state index in [1.54, 1.807) is 28.9 Å². The molecule has 0 fully saturated rings. The van der Waals surface area contributed by atoms with Crippen molar-refractivity contribution in [2.45, 2.75) is 64.1 Å². The van der Waals surface area contributed by atoms with Gasteiger partial charge in [-0.15, -0.1) is 29.3 Å². The van der Waals surface area contributed by atoms with Gasteiger partial charge in [-0.1, -0.05) is 62.9 Å². The maximum atomic E-state index is 13.4. The molecule has 1 N–H and O–H groups in total. The number of allylic oxidation sites excluding steroid dienone is 1. The summed E-state index contributed by atoms with van der Waals surface area (Å²) in [6, 6.07) is 8.11. The number of nitrogens with one attached hydrogen (secondary N) is 1. The first-order chi connectivity index (χ1) is 19.6. The summed E-state index contributed by atoms with van der Waals surface area (Å²) < 4.78 is 6.95. The molecule has 0 bridgehead atoms. The third kappa shape index (κ3) is 5.91. The molecule has 214 valence electrons. The van der Waals surface area contributed by atoms with Crippen LogP contribution in [0.25, 0.3) is 21.3 Å². The average molecular weight is 608 g/mol. The highest BCUT2D eigenvalue weighted by Crippen LogP contribution is 2.38. The van der Waals surface area contributed by atoms with Crippen LogP contribution < -0.4 is 10.9 Å². The van der Waals surface area contributed by atoms with Crippen LogP contribution >= 0.6 is 34.4 Å². The van der Waals surface area contributed by atoms with Gasteiger partial charge in [0, 0.05) is 22.4 Å². The van der Waals surface area contributed by atoms with E-state index in [1.807, 2.05) is 17.5 Å². The van der Waals surface area contributed by atoms with Gasteiger partial charge in [-0.05, 0) is 48.3 Å². The van der Waals surface area contributed by atoms with E-state index in [4.69, 9.17) is 9.72 Å². The van der Waals surface area contributed by atoms with Gasteiger partial charge in [-0.2, -0.15) is 0 Å². The van der Waals surface area contributed by atoms with Crippen molar-refractivity contribution >= 4 is 61.5 Å². The Morgan fingerprint density at radius 3 is 2.66 bits per heavy atom. The largest absolute Gasteiger partial charge is 0.462 e. The minimum Gasteiger partial charge on any atom is -0.462 e. The SMILES string of the molecule is C=CCn1c(SCC(=O)Nc2scc(-c3ccc(C(C)(C)C)cc3)c2C(=O)OCC)nc2sc3c(c2c1=O)CCC3. The molecule has 3 aromatic heterocycles. The lowest BCUT2D eigenvalue weighted by molar-refractivity contribution is -0.113. The molecule has 7 nitrogen and oxygen atoms in total. The maximum Gasteiger partial charge on any atom is 0.341 e. The highest BCUT2D eigenvalue weighted by molar-refractivity contribution is 7.99. The Kier molecular flexibility index (Phi) is 8.54. The summed E-state index contributed by atoms with van der Waals surface area (Å²) in [6.45, 7) is 12.5. The Labute approximate surface area is 251 Å². The monoisotopic (exact) mass is 607 g/mol. The quantitative estimate of drug-likeness (QED) is 0.0948. The zero-order valence-electron chi connectivity index (χ0n) is 23.7. The summed E-state index contributed by atoms with van der Waals surface area (Å²) in [5.74, 6) is -0.759. The normalized spacial score (nSPS) is 12.9. The van der Waals surface area contributed by atoms with Gasteiger partial charge in [-0.3, -0.25) is 14.2 Å². The number of carbonyl (C=O) groups is 2. The van der Waals surface area contributed by atoms with E-state index in [0.717, 1.165) is 40.8 Å². The van der Waals surface area contributed by atoms with Gasteiger partial charge in [0.25, 0.3) is 5.56 Å². The molecule has 0 saturated heterocycles. The van der Waals surface area contributed by atoms with Crippen LogP contribution in [0.5, 0.6) is 0 Å². The van der Waals surface area contributed by atoms with Crippen molar-refractivity contribution in [3.05, 3.63) is 74.2 Å². The molecule has 0 saturated carbocycles. The van der Waals surface area contributed by atoms with E-state index in [0.29, 0.717) is 27.7 Å². The Bertz CT molecular complexity index is 1690. The first-order valence-electron chi connectivity index (χ1n) is 13.6. The fourth-order valence-corrected chi connectivity index (χ4v) is 8.05. The second-order valence-electron chi connectivity index (χ2n) is 10.9. The number of aryl methyl sites for hydroxylation is 2. The number of hydrogen-bond donors (Lipinski definition) is 1. The van der Waals surface area contributed by atoms with Crippen molar-refractivity contribution in [2.75, 3.05) is 17.7 Å². The van der Waals surface area contributed by atoms with Gasteiger partial charge in [0.15, 0.2) is 5.16 Å². The minimum absolute atomic E-state index is 0.00752. The van der Waals surface area contributed by atoms with Crippen molar-refractivity contribution < 1.29 is 14.3 Å². The molecule has 0 aliphatic heterocycles. The zero-order valence-corrected chi connectivity index (χ0v) is 26.1. The number of thiophene rings is 2. The molecule has 10 heteroatoms. The van der Waals surface area contributed by atoms with Gasteiger partial charge in [0.05, 0.1) is 17.7 Å². The van der Waals surface area contributed by atoms with Crippen LogP contribution in [0.15, 0.2) is 52.3 Å². The standard InChI is InChI=1S/C31H33N3O4S3/c1-6-15-34-28(36)24-20-9-8-10-22(20)41-27(24)33-30(34)40-17-23(35)32-26-25(29(37)38-7-2)21(16-39-26)18-11-13-19(14-12-18)31(3,4)5/h6,11-14,16H,1,7-10,15,17H2,2-5H3,(H,32,35). The summed E-state index contributed by atoms with van der Waals surface area (Å²) in [4.78, 5) is 46.3. The summed E-state index contributed by atoms with van der Waals surface area (Å²) in [5.41, 5.74) is 4.18. The molecule has 0 spiro atoms. The van der Waals surface area contributed by atoms with Crippen LogP contribution in [0.4, 0.5) is 5.00 Å². The van der Waals surface area contributed by atoms with E-state index in [1.165, 1.54) is 33.5 Å². The lowest BCUT2D eigenvalue weighted by Crippen LogP contribution is -2.24. The predicted molar refractivity (Wildman–Crippen MR) is 170 cm³/mol. The number of esters is 1. The molecular formula is C31H33N3O4S3. The van der Waals surface area contributed by atoms with Crippen LogP contribution in [0.3, 0.4) is 0 Å². The maximum absolute atomic E-state index is 13.4. The van der Waals surface area contributed by atoms with E-state index in [-0.39, 0.29) is 29.2 Å². The number of fused-ring (bicyclic) bond motifs is 3. The summed E-state index contributed by atoms with van der Waals surface area (Å²) >= 11 is 4.07. The Balaban J connectivity index is 1.39. The number of rotatable bonds is 9. The molecular weight excluding hydrogens is 575 g/mol. The van der Waals surface area contributed by atoms with Gasteiger partial charge >= 0.3 is 5.97 Å². The molecule has 0 unspecified atom stereocenters. The Morgan fingerprint density at radius 1 is 1.22 bits per heavy atom. The molecule has 41 heavy (non-hydrogen) atoms. The van der Waals surface area contributed by atoms with Crippen molar-refractivity contribution in [2.24, 2.45) is 0 Å². The third-order valence-corrected chi connectivity index (χ3v) is 10.1. The van der Waals surface area contributed by atoms with Crippen LogP contribution in [-0.4, -0.2) is 33.8 Å². The smallest absolute Gasteiger partial charge is 0.341 e. The highest BCUT2D eigenvalue weighted by atomic mass is 32.2. The zero-order chi connectivity index (χ0) is 29.3. The van der Waals surface area contributed by atoms with Gasteiger partial charge in [0.2, 0.25) is 5.91 Å². The fraction of sp³-hybridized carbons (Fsp3) is 0.355. The van der Waals surface area contributed by atoms with E-state index in [2.05, 4.69) is 44.8 Å². The van der Waals surface area contributed by atoms with Gasteiger partial charge in [0.1, 0.15) is 15.4 Å². The van der Waals surface area contributed by atoms with E-state index in [9.17, 15) is 14.4 Å². The summed E-state index contributed by atoms with van der Waals surface area (Å²) in [6.07, 6.45) is 4.61. The molecule has 5 rings (SSSR count). The fourth-order valence-electron chi connectivity index (χ4n) is 4.97. The molecule has 0 atom stereocenters. The second-order valence-corrected chi connectivity index (χ2v) is 13.8. The molecule has 0 radical (unpaired) electrons. The number of anilines is 1. The van der Waals surface area contributed by atoms with Crippen molar-refractivity contribution in [3.8, 4) is 11.1 Å². The predicted octanol–water partition coefficient (Wildman–Crippen LogP) is 7.07. The lowest BCUT2D eigenvalue weighted by Gasteiger charge is -2.19. The van der Waals surface area contributed by atoms with Crippen molar-refractivity contribution in [3.63, 3.8) is 0 Å². The topological polar surface area (TPSA) is 90.3 Å². The summed E-state index contributed by atoms with van der Waals surface area (Å²) in [7, 11) is 0. The van der Waals surface area contributed by atoms with Crippen molar-refractivity contribution in [1.82, 2.24) is 9.55 Å². The minimum atomic E-state index is -0.482. The molecule has 4 aromatic rings. The molecule has 1 aliphatic rings. The molecule has 1 amide bonds. The Morgan fingerprint density at radius 2 is 1.98 bits per heavy atom. The number of aromatic nitrogens is 2. The number of benzene rings is 1. The molecule has 1 aromatic carbocycles. The first kappa shape index (κ1) is 29.3. The molecule has 3 heterocycles. The number of nitrogens with zero attached hydrogens (tertiary/aromatic N) is 2. The van der Waals surface area contributed by atoms with E-state index < -0.39 is 5.97 Å². The van der Waals surface area contributed by atoms with Crippen LogP contribution in [0.1, 0.15) is 60.5 Å². The van der Waals surface area contributed by atoms with Crippen LogP contribution in [-0.2, 0) is 34.3 Å². The van der Waals surface area contributed by atoms with E-state index >= 15 is 0 Å². The third-order valence-electron chi connectivity index (χ3n) is 7.02. The van der Waals surface area contributed by atoms with Crippen molar-refractivity contribution in [1.29, 1.82) is 0 Å². The number of amides is 1. The first-order valence-corrected chi connectivity index (χ1v) is 16.3. The number of hydrogen-bond acceptors (Lipinski definition) is 8. The van der Waals surface area contributed by atoms with Gasteiger partial charge < -0.3 is 10.1 Å². The number of carbonyl (C=O) groups excluding carboxylic acids is 2. The van der Waals surface area contributed by atoms with Crippen LogP contribution in [0.2, 0.25) is 0 Å².